The van der Waals surface area contributed by atoms with Crippen molar-refractivity contribution in [1.29, 1.82) is 0 Å². The average Bonchev–Trinajstić information content (AvgIpc) is 2.94. The summed E-state index contributed by atoms with van der Waals surface area (Å²) in [6.07, 6.45) is 15.8. The molecule has 0 heterocycles. The first-order valence-electron chi connectivity index (χ1n) is 14.2. The van der Waals surface area contributed by atoms with Crippen LogP contribution in [0.3, 0.4) is 0 Å². The summed E-state index contributed by atoms with van der Waals surface area (Å²) in [4.78, 5) is 33.9. The molecular weight excluding hydrogens is 472 g/mol. The van der Waals surface area contributed by atoms with Crippen molar-refractivity contribution >= 4 is 17.6 Å². The second-order valence-corrected chi connectivity index (χ2v) is 9.25. The topological polar surface area (TPSA) is 75.3 Å². The molecule has 1 aromatic carbocycles. The molecule has 5 nitrogen and oxygen atoms in total. The Bertz CT molecular complexity index is 834. The normalized spacial score (nSPS) is 13.5. The maximum Gasteiger partial charge on any atom is 0.251 e. The van der Waals surface area contributed by atoms with Crippen molar-refractivity contribution in [1.82, 2.24) is 10.6 Å². The fourth-order valence-electron chi connectivity index (χ4n) is 3.81. The number of amides is 2. The lowest BCUT2D eigenvalue weighted by molar-refractivity contribution is -0.119. The third-order valence-electron chi connectivity index (χ3n) is 6.20. The molecule has 1 atom stereocenters. The molecule has 1 unspecified atom stereocenters. The predicted molar refractivity (Wildman–Crippen MR) is 164 cm³/mol. The zero-order valence-electron chi connectivity index (χ0n) is 25.2. The molecular formula is C33H54N2O3. The zero-order valence-corrected chi connectivity index (χ0v) is 25.2. The number of Topliss-reactive ketones (excluding diaryl/α,β-unsaturated/α-hetero) is 1. The molecule has 2 N–H and O–H groups in total. The number of nitrogens with one attached hydrogen (secondary N) is 2. The standard InChI is InChI=1S/C21H31NO2.C7H10.C3H7NO.C2H6/c1-3-4-6-11-20(16(2)23)22-21(24)19-14-12-18(13-15-19)17-9-7-5-8-10-17;1-4-6-7(3)5-2;1-3(5)4-2;1-2/h12-15,17,20H,3-11H2,1-2H3,(H,22,24);4-6H,1-2H2,3H3;1-2H3,(H,4,5);1-2H3/b;7-6-;;. The van der Waals surface area contributed by atoms with Crippen molar-refractivity contribution in [2.75, 3.05) is 7.05 Å². The Hall–Kier alpha value is -2.95. The lowest BCUT2D eigenvalue weighted by atomic mass is 9.84. The van der Waals surface area contributed by atoms with E-state index in [0.717, 1.165) is 31.3 Å². The lowest BCUT2D eigenvalue weighted by Gasteiger charge is -2.22. The molecule has 0 bridgehead atoms. The summed E-state index contributed by atoms with van der Waals surface area (Å²) < 4.78 is 0. The van der Waals surface area contributed by atoms with E-state index in [-0.39, 0.29) is 23.6 Å². The number of benzene rings is 1. The van der Waals surface area contributed by atoms with Gasteiger partial charge in [-0.2, -0.15) is 0 Å². The molecule has 0 aromatic heterocycles. The number of carbonyl (C=O) groups is 3. The van der Waals surface area contributed by atoms with Gasteiger partial charge in [0.15, 0.2) is 5.78 Å². The quantitative estimate of drug-likeness (QED) is 0.239. The number of carbonyl (C=O) groups excluding carboxylic acids is 3. The Morgan fingerprint density at radius 3 is 1.92 bits per heavy atom. The Morgan fingerprint density at radius 2 is 1.53 bits per heavy atom. The van der Waals surface area contributed by atoms with Gasteiger partial charge >= 0.3 is 0 Å². The van der Waals surface area contributed by atoms with E-state index in [1.165, 1.54) is 44.6 Å². The van der Waals surface area contributed by atoms with Gasteiger partial charge in [-0.25, -0.2) is 0 Å². The van der Waals surface area contributed by atoms with Gasteiger partial charge in [-0.3, -0.25) is 14.4 Å². The third-order valence-corrected chi connectivity index (χ3v) is 6.20. The molecule has 1 aromatic rings. The highest BCUT2D eigenvalue weighted by Gasteiger charge is 2.19. The fourth-order valence-corrected chi connectivity index (χ4v) is 3.81. The van der Waals surface area contributed by atoms with Crippen LogP contribution in [-0.4, -0.2) is 30.7 Å². The van der Waals surface area contributed by atoms with E-state index >= 15 is 0 Å². The van der Waals surface area contributed by atoms with Crippen LogP contribution in [0.1, 0.15) is 121 Å². The summed E-state index contributed by atoms with van der Waals surface area (Å²) in [5.74, 6) is 0.556. The largest absolute Gasteiger partial charge is 0.359 e. The van der Waals surface area contributed by atoms with Crippen molar-refractivity contribution in [3.05, 3.63) is 72.4 Å². The number of rotatable bonds is 10. The second-order valence-electron chi connectivity index (χ2n) is 9.25. The molecule has 1 aliphatic rings. The van der Waals surface area contributed by atoms with E-state index in [0.29, 0.717) is 11.5 Å². The van der Waals surface area contributed by atoms with Crippen LogP contribution >= 0.6 is 0 Å². The molecule has 1 fully saturated rings. The molecule has 38 heavy (non-hydrogen) atoms. The maximum atomic E-state index is 12.4. The van der Waals surface area contributed by atoms with E-state index in [1.807, 2.05) is 39.0 Å². The third kappa shape index (κ3) is 18.3. The van der Waals surface area contributed by atoms with Crippen molar-refractivity contribution in [2.45, 2.75) is 111 Å². The van der Waals surface area contributed by atoms with Crippen LogP contribution in [0.2, 0.25) is 0 Å². The minimum Gasteiger partial charge on any atom is -0.359 e. The van der Waals surface area contributed by atoms with Crippen molar-refractivity contribution in [3.63, 3.8) is 0 Å². The first kappa shape index (κ1) is 37.2. The maximum absolute atomic E-state index is 12.4. The molecule has 214 valence electrons. The zero-order chi connectivity index (χ0) is 29.3. The lowest BCUT2D eigenvalue weighted by Crippen LogP contribution is -2.39. The van der Waals surface area contributed by atoms with Crippen LogP contribution in [0.15, 0.2) is 61.2 Å². The number of hydrogen-bond acceptors (Lipinski definition) is 3. The number of ketones is 1. The fraction of sp³-hybridized carbons (Fsp3) is 0.545. The summed E-state index contributed by atoms with van der Waals surface area (Å²) in [7, 11) is 1.60. The molecule has 5 heteroatoms. The van der Waals surface area contributed by atoms with Gasteiger partial charge in [0, 0.05) is 19.5 Å². The number of unbranched alkanes of at least 4 members (excludes halogenated alkanes) is 2. The Morgan fingerprint density at radius 1 is 0.974 bits per heavy atom. The highest BCUT2D eigenvalue weighted by molar-refractivity contribution is 5.97. The number of hydrogen-bond donors (Lipinski definition) is 2. The SMILES string of the molecule is C=C/C=C(/C)C=C.CC.CCCCCC(NC(=O)c1ccc(C2CCCCC2)cc1)C(C)=O.CNC(C)=O. The van der Waals surface area contributed by atoms with Crippen molar-refractivity contribution in [3.8, 4) is 0 Å². The molecule has 2 rings (SSSR count). The van der Waals surface area contributed by atoms with Crippen LogP contribution in [0.25, 0.3) is 0 Å². The van der Waals surface area contributed by atoms with Gasteiger partial charge in [-0.1, -0.05) is 108 Å². The highest BCUT2D eigenvalue weighted by atomic mass is 16.2. The summed E-state index contributed by atoms with van der Waals surface area (Å²) in [6, 6.07) is 7.63. The van der Waals surface area contributed by atoms with Crippen LogP contribution in [-0.2, 0) is 9.59 Å². The molecule has 0 saturated heterocycles. The average molecular weight is 527 g/mol. The van der Waals surface area contributed by atoms with Crippen molar-refractivity contribution in [2.24, 2.45) is 0 Å². The van der Waals surface area contributed by atoms with Crippen LogP contribution in [0, 0.1) is 0 Å². The molecule has 1 saturated carbocycles. The Kier molecular flexibility index (Phi) is 23.9. The van der Waals surface area contributed by atoms with Gasteiger partial charge in [0.05, 0.1) is 6.04 Å². The van der Waals surface area contributed by atoms with Crippen LogP contribution in [0.5, 0.6) is 0 Å². The summed E-state index contributed by atoms with van der Waals surface area (Å²) in [6.45, 7) is 18.2. The Labute approximate surface area is 233 Å². The first-order chi connectivity index (χ1) is 18.2. The predicted octanol–water partition coefficient (Wildman–Crippen LogP) is 8.09. The van der Waals surface area contributed by atoms with E-state index in [2.05, 4.69) is 42.8 Å². The minimum atomic E-state index is -0.359. The number of allylic oxidation sites excluding steroid dienone is 4. The molecule has 1 aliphatic carbocycles. The van der Waals surface area contributed by atoms with Crippen LogP contribution < -0.4 is 10.6 Å². The Balaban J connectivity index is 0. The van der Waals surface area contributed by atoms with E-state index < -0.39 is 0 Å². The molecule has 0 aliphatic heterocycles. The van der Waals surface area contributed by atoms with Gasteiger partial charge in [0.1, 0.15) is 0 Å². The van der Waals surface area contributed by atoms with E-state index in [9.17, 15) is 14.4 Å². The van der Waals surface area contributed by atoms with E-state index in [4.69, 9.17) is 0 Å². The van der Waals surface area contributed by atoms with Gasteiger partial charge in [0.25, 0.3) is 5.91 Å². The highest BCUT2D eigenvalue weighted by Crippen LogP contribution is 2.32. The minimum absolute atomic E-state index is 0.00463. The molecule has 2 amide bonds. The van der Waals surface area contributed by atoms with Gasteiger partial charge in [-0.05, 0) is 56.7 Å². The second kappa shape index (κ2) is 24.4. The first-order valence-corrected chi connectivity index (χ1v) is 14.2. The van der Waals surface area contributed by atoms with E-state index in [1.54, 1.807) is 26.1 Å². The van der Waals surface area contributed by atoms with Gasteiger partial charge < -0.3 is 10.6 Å². The summed E-state index contributed by atoms with van der Waals surface area (Å²) in [5, 5.41) is 5.29. The molecule has 0 radical (unpaired) electrons. The monoisotopic (exact) mass is 526 g/mol. The molecule has 0 spiro atoms. The van der Waals surface area contributed by atoms with Gasteiger partial charge in [-0.15, -0.1) is 0 Å². The summed E-state index contributed by atoms with van der Waals surface area (Å²) >= 11 is 0. The smallest absolute Gasteiger partial charge is 0.251 e. The van der Waals surface area contributed by atoms with Crippen molar-refractivity contribution < 1.29 is 14.4 Å². The van der Waals surface area contributed by atoms with Gasteiger partial charge in [0.2, 0.25) is 5.91 Å². The summed E-state index contributed by atoms with van der Waals surface area (Å²) in [5.41, 5.74) is 3.14. The van der Waals surface area contributed by atoms with Crippen LogP contribution in [0.4, 0.5) is 0 Å².